The third kappa shape index (κ3) is 3.66. The number of rotatable bonds is 5. The molecule has 1 aromatic carbocycles. The molecule has 0 atom stereocenters. The molecule has 2 heteroatoms. The van der Waals surface area contributed by atoms with Gasteiger partial charge < -0.3 is 4.98 Å². The SMILES string of the molecule is Cc1cc2nc(CCCCC3CCCCC3)[nH]c2cc1C. The summed E-state index contributed by atoms with van der Waals surface area (Å²) in [5, 5.41) is 0. The molecule has 0 spiro atoms. The Bertz CT molecular complexity index is 552. The van der Waals surface area contributed by atoms with Gasteiger partial charge in [-0.05, 0) is 49.4 Å². The second-order valence-corrected chi connectivity index (χ2v) is 6.89. The molecule has 1 N–H and O–H groups in total. The summed E-state index contributed by atoms with van der Waals surface area (Å²) in [6.45, 7) is 4.33. The third-order valence-corrected chi connectivity index (χ3v) is 5.15. The van der Waals surface area contributed by atoms with Gasteiger partial charge in [-0.3, -0.25) is 0 Å². The molecule has 3 rings (SSSR count). The van der Waals surface area contributed by atoms with E-state index in [0.29, 0.717) is 0 Å². The van der Waals surface area contributed by atoms with Crippen molar-refractivity contribution < 1.29 is 0 Å². The van der Waals surface area contributed by atoms with Crippen LogP contribution in [0, 0.1) is 19.8 Å². The van der Waals surface area contributed by atoms with E-state index in [1.165, 1.54) is 73.8 Å². The van der Waals surface area contributed by atoms with Crippen LogP contribution in [0.1, 0.15) is 68.3 Å². The van der Waals surface area contributed by atoms with E-state index in [4.69, 9.17) is 4.98 Å². The number of nitrogens with one attached hydrogen (secondary N) is 1. The second kappa shape index (κ2) is 6.64. The summed E-state index contributed by atoms with van der Waals surface area (Å²) in [5.74, 6) is 2.18. The maximum Gasteiger partial charge on any atom is 0.107 e. The molecule has 1 fully saturated rings. The summed E-state index contributed by atoms with van der Waals surface area (Å²) in [4.78, 5) is 8.23. The van der Waals surface area contributed by atoms with Crippen LogP contribution in [0.25, 0.3) is 11.0 Å². The van der Waals surface area contributed by atoms with Crippen molar-refractivity contribution >= 4 is 11.0 Å². The quantitative estimate of drug-likeness (QED) is 0.724. The van der Waals surface area contributed by atoms with Gasteiger partial charge >= 0.3 is 0 Å². The zero-order chi connectivity index (χ0) is 14.7. The zero-order valence-electron chi connectivity index (χ0n) is 13.5. The first-order chi connectivity index (χ1) is 10.2. The smallest absolute Gasteiger partial charge is 0.107 e. The van der Waals surface area contributed by atoms with Gasteiger partial charge in [0, 0.05) is 6.42 Å². The van der Waals surface area contributed by atoms with Crippen molar-refractivity contribution in [2.45, 2.75) is 71.6 Å². The molecule has 0 saturated heterocycles. The number of imidazole rings is 1. The van der Waals surface area contributed by atoms with Gasteiger partial charge in [-0.1, -0.05) is 44.9 Å². The highest BCUT2D eigenvalue weighted by molar-refractivity contribution is 5.77. The van der Waals surface area contributed by atoms with Crippen LogP contribution in [0.4, 0.5) is 0 Å². The van der Waals surface area contributed by atoms with Gasteiger partial charge in [0.25, 0.3) is 0 Å². The fraction of sp³-hybridized carbons (Fsp3) is 0.632. The van der Waals surface area contributed by atoms with E-state index in [1.54, 1.807) is 0 Å². The molecule has 2 aromatic rings. The Labute approximate surface area is 128 Å². The summed E-state index contributed by atoms with van der Waals surface area (Å²) >= 11 is 0. The van der Waals surface area contributed by atoms with Crippen molar-refractivity contribution in [2.24, 2.45) is 5.92 Å². The Morgan fingerprint density at radius 2 is 1.81 bits per heavy atom. The Morgan fingerprint density at radius 3 is 2.62 bits per heavy atom. The molecule has 1 saturated carbocycles. The molecule has 21 heavy (non-hydrogen) atoms. The van der Waals surface area contributed by atoms with E-state index in [2.05, 4.69) is 31.0 Å². The number of aryl methyl sites for hydroxylation is 3. The number of aromatic nitrogens is 2. The molecule has 1 aliphatic carbocycles. The molecule has 1 aliphatic rings. The minimum absolute atomic E-state index is 1.01. The van der Waals surface area contributed by atoms with Crippen LogP contribution < -0.4 is 0 Å². The normalized spacial score (nSPS) is 16.7. The lowest BCUT2D eigenvalue weighted by atomic mass is 9.85. The van der Waals surface area contributed by atoms with Crippen LogP contribution in [0.15, 0.2) is 12.1 Å². The van der Waals surface area contributed by atoms with Gasteiger partial charge in [0.1, 0.15) is 5.82 Å². The molecular weight excluding hydrogens is 256 g/mol. The number of nitrogens with zero attached hydrogens (tertiary/aromatic N) is 1. The van der Waals surface area contributed by atoms with E-state index in [1.807, 2.05) is 0 Å². The lowest BCUT2D eigenvalue weighted by Gasteiger charge is -2.21. The molecule has 114 valence electrons. The van der Waals surface area contributed by atoms with Crippen molar-refractivity contribution in [2.75, 3.05) is 0 Å². The number of aromatic amines is 1. The molecule has 1 aromatic heterocycles. The Kier molecular flexibility index (Phi) is 4.62. The van der Waals surface area contributed by atoms with E-state index >= 15 is 0 Å². The monoisotopic (exact) mass is 284 g/mol. The van der Waals surface area contributed by atoms with Crippen molar-refractivity contribution in [1.82, 2.24) is 9.97 Å². The number of unbranched alkanes of at least 4 members (excludes halogenated alkanes) is 1. The molecule has 2 nitrogen and oxygen atoms in total. The Hall–Kier alpha value is -1.31. The predicted octanol–water partition coefficient (Wildman–Crippen LogP) is 5.47. The first-order valence-electron chi connectivity index (χ1n) is 8.68. The number of H-pyrrole nitrogens is 1. The molecular formula is C19H28N2. The van der Waals surface area contributed by atoms with Crippen molar-refractivity contribution in [3.8, 4) is 0 Å². The minimum Gasteiger partial charge on any atom is -0.342 e. The summed E-state index contributed by atoms with van der Waals surface area (Å²) in [6.07, 6.45) is 12.5. The third-order valence-electron chi connectivity index (χ3n) is 5.15. The van der Waals surface area contributed by atoms with Gasteiger partial charge in [0.15, 0.2) is 0 Å². The lowest BCUT2D eigenvalue weighted by molar-refractivity contribution is 0.329. The van der Waals surface area contributed by atoms with Gasteiger partial charge in [-0.15, -0.1) is 0 Å². The fourth-order valence-electron chi connectivity index (χ4n) is 3.64. The van der Waals surface area contributed by atoms with Gasteiger partial charge in [-0.2, -0.15) is 0 Å². The van der Waals surface area contributed by atoms with Gasteiger partial charge in [-0.25, -0.2) is 4.98 Å². The van der Waals surface area contributed by atoms with Crippen LogP contribution in [-0.4, -0.2) is 9.97 Å². The van der Waals surface area contributed by atoms with Crippen molar-refractivity contribution in [1.29, 1.82) is 0 Å². The average Bonchev–Trinajstić information content (AvgIpc) is 2.87. The van der Waals surface area contributed by atoms with E-state index < -0.39 is 0 Å². The molecule has 1 heterocycles. The maximum absolute atomic E-state index is 4.74. The van der Waals surface area contributed by atoms with Crippen molar-refractivity contribution in [3.63, 3.8) is 0 Å². The van der Waals surface area contributed by atoms with E-state index in [0.717, 1.165) is 17.9 Å². The molecule has 0 amide bonds. The van der Waals surface area contributed by atoms with Crippen LogP contribution in [-0.2, 0) is 6.42 Å². The van der Waals surface area contributed by atoms with E-state index in [9.17, 15) is 0 Å². The predicted molar refractivity (Wildman–Crippen MR) is 89.7 cm³/mol. The summed E-state index contributed by atoms with van der Waals surface area (Å²) in [5.41, 5.74) is 4.99. The van der Waals surface area contributed by atoms with Crippen LogP contribution in [0.3, 0.4) is 0 Å². The topological polar surface area (TPSA) is 28.7 Å². The number of benzene rings is 1. The first kappa shape index (κ1) is 14.6. The Balaban J connectivity index is 1.51. The molecule has 0 bridgehead atoms. The molecule has 0 unspecified atom stereocenters. The number of hydrogen-bond donors (Lipinski definition) is 1. The highest BCUT2D eigenvalue weighted by Crippen LogP contribution is 2.28. The lowest BCUT2D eigenvalue weighted by Crippen LogP contribution is -2.06. The first-order valence-corrected chi connectivity index (χ1v) is 8.68. The summed E-state index contributed by atoms with van der Waals surface area (Å²) < 4.78 is 0. The summed E-state index contributed by atoms with van der Waals surface area (Å²) in [6, 6.07) is 4.43. The van der Waals surface area contributed by atoms with Crippen LogP contribution in [0.5, 0.6) is 0 Å². The van der Waals surface area contributed by atoms with E-state index in [-0.39, 0.29) is 0 Å². The average molecular weight is 284 g/mol. The standard InChI is InChI=1S/C19H28N2/c1-14-12-17-18(13-15(14)2)21-19(20-17)11-7-6-10-16-8-4-3-5-9-16/h12-13,16H,3-11H2,1-2H3,(H,20,21). The zero-order valence-corrected chi connectivity index (χ0v) is 13.5. The van der Waals surface area contributed by atoms with Crippen molar-refractivity contribution in [3.05, 3.63) is 29.1 Å². The number of fused-ring (bicyclic) bond motifs is 1. The van der Waals surface area contributed by atoms with Crippen LogP contribution >= 0.6 is 0 Å². The fourth-order valence-corrected chi connectivity index (χ4v) is 3.64. The highest BCUT2D eigenvalue weighted by atomic mass is 14.9. The number of hydrogen-bond acceptors (Lipinski definition) is 1. The van der Waals surface area contributed by atoms with Gasteiger partial charge in [0.05, 0.1) is 11.0 Å². The minimum atomic E-state index is 1.01. The second-order valence-electron chi connectivity index (χ2n) is 6.89. The highest BCUT2D eigenvalue weighted by Gasteiger charge is 2.12. The molecule has 0 aliphatic heterocycles. The summed E-state index contributed by atoms with van der Waals surface area (Å²) in [7, 11) is 0. The Morgan fingerprint density at radius 1 is 1.05 bits per heavy atom. The van der Waals surface area contributed by atoms with Crippen LogP contribution in [0.2, 0.25) is 0 Å². The van der Waals surface area contributed by atoms with Gasteiger partial charge in [0.2, 0.25) is 0 Å². The maximum atomic E-state index is 4.74. The largest absolute Gasteiger partial charge is 0.342 e. The molecule has 0 radical (unpaired) electrons.